The summed E-state index contributed by atoms with van der Waals surface area (Å²) >= 11 is 6.35. The maximum absolute atomic E-state index is 12.4. The van der Waals surface area contributed by atoms with E-state index in [1.54, 1.807) is 0 Å². The molecule has 1 aliphatic rings. The number of ketones is 1. The van der Waals surface area contributed by atoms with Gasteiger partial charge in [-0.2, -0.15) is 5.10 Å². The van der Waals surface area contributed by atoms with Gasteiger partial charge in [-0.15, -0.1) is 0 Å². The van der Waals surface area contributed by atoms with Gasteiger partial charge >= 0.3 is 0 Å². The molecule has 3 nitrogen and oxygen atoms in total. The zero-order valence-electron chi connectivity index (χ0n) is 12.1. The van der Waals surface area contributed by atoms with Gasteiger partial charge in [-0.05, 0) is 38.5 Å². The number of nitrogens with zero attached hydrogens (tertiary/aromatic N) is 2. The molecule has 0 amide bonds. The first-order valence-corrected chi connectivity index (χ1v) is 7.71. The molecular weight excluding hydrogens is 260 g/mol. The zero-order chi connectivity index (χ0) is 14.0. The molecule has 0 aliphatic heterocycles. The van der Waals surface area contributed by atoms with E-state index in [9.17, 15) is 4.79 Å². The lowest BCUT2D eigenvalue weighted by Gasteiger charge is -2.10. The van der Waals surface area contributed by atoms with Gasteiger partial charge in [0.15, 0.2) is 0 Å². The van der Waals surface area contributed by atoms with Crippen molar-refractivity contribution in [3.05, 3.63) is 16.4 Å². The van der Waals surface area contributed by atoms with Crippen molar-refractivity contribution in [2.24, 2.45) is 11.8 Å². The van der Waals surface area contributed by atoms with Crippen LogP contribution in [0.4, 0.5) is 0 Å². The summed E-state index contributed by atoms with van der Waals surface area (Å²) < 4.78 is 1.89. The summed E-state index contributed by atoms with van der Waals surface area (Å²) in [6.07, 6.45) is 4.51. The zero-order valence-corrected chi connectivity index (χ0v) is 12.8. The van der Waals surface area contributed by atoms with Gasteiger partial charge in [-0.3, -0.25) is 9.48 Å². The van der Waals surface area contributed by atoms with E-state index < -0.39 is 0 Å². The van der Waals surface area contributed by atoms with Crippen molar-refractivity contribution >= 4 is 17.4 Å². The van der Waals surface area contributed by atoms with Gasteiger partial charge in [-0.1, -0.05) is 25.4 Å². The van der Waals surface area contributed by atoms with Crippen LogP contribution in [0.25, 0.3) is 0 Å². The lowest BCUT2D eigenvalue weighted by atomic mass is 9.97. The number of aryl methyl sites for hydroxylation is 2. The summed E-state index contributed by atoms with van der Waals surface area (Å²) in [5, 5.41) is 5.17. The molecule has 1 aromatic heterocycles. The Labute approximate surface area is 120 Å². The van der Waals surface area contributed by atoms with Crippen LogP contribution in [-0.4, -0.2) is 15.6 Å². The second kappa shape index (κ2) is 6.08. The van der Waals surface area contributed by atoms with E-state index in [4.69, 9.17) is 11.6 Å². The lowest BCUT2D eigenvalue weighted by molar-refractivity contribution is -0.122. The smallest absolute Gasteiger partial charge is 0.141 e. The Kier molecular flexibility index (Phi) is 4.67. The van der Waals surface area contributed by atoms with E-state index in [2.05, 4.69) is 12.0 Å². The number of hydrogen-bond acceptors (Lipinski definition) is 2. The molecule has 1 fully saturated rings. The number of aromatic nitrogens is 2. The van der Waals surface area contributed by atoms with Gasteiger partial charge in [0.05, 0.1) is 22.8 Å². The third-order valence-electron chi connectivity index (χ3n) is 4.19. The number of carbonyl (C=O) groups is 1. The maximum Gasteiger partial charge on any atom is 0.141 e. The molecule has 1 aliphatic carbocycles. The second-order valence-corrected chi connectivity index (χ2v) is 6.01. The topological polar surface area (TPSA) is 34.9 Å². The molecule has 2 unspecified atom stereocenters. The summed E-state index contributed by atoms with van der Waals surface area (Å²) in [4.78, 5) is 12.4. The van der Waals surface area contributed by atoms with Gasteiger partial charge in [0, 0.05) is 12.5 Å². The monoisotopic (exact) mass is 282 g/mol. The molecule has 0 saturated heterocycles. The summed E-state index contributed by atoms with van der Waals surface area (Å²) in [6.45, 7) is 7.07. The predicted molar refractivity (Wildman–Crippen MR) is 77.5 cm³/mol. The van der Waals surface area contributed by atoms with Crippen molar-refractivity contribution < 1.29 is 4.79 Å². The van der Waals surface area contributed by atoms with Crippen molar-refractivity contribution in [2.75, 3.05) is 0 Å². The van der Waals surface area contributed by atoms with E-state index in [0.717, 1.165) is 37.2 Å². The number of rotatable bonds is 5. The highest BCUT2D eigenvalue weighted by Crippen LogP contribution is 2.32. The second-order valence-electron chi connectivity index (χ2n) is 5.63. The summed E-state index contributed by atoms with van der Waals surface area (Å²) in [6, 6.07) is 0. The molecule has 19 heavy (non-hydrogen) atoms. The minimum Gasteiger partial charge on any atom is -0.299 e. The van der Waals surface area contributed by atoms with E-state index in [0.29, 0.717) is 23.1 Å². The Morgan fingerprint density at radius 3 is 2.68 bits per heavy atom. The molecule has 0 radical (unpaired) electrons. The molecule has 0 bridgehead atoms. The lowest BCUT2D eigenvalue weighted by Crippen LogP contribution is -2.17. The highest BCUT2D eigenvalue weighted by atomic mass is 35.5. The Hall–Kier alpha value is -0.830. The predicted octanol–water partition coefficient (Wildman–Crippen LogP) is 3.67. The summed E-state index contributed by atoms with van der Waals surface area (Å²) in [5.74, 6) is 1.26. The van der Waals surface area contributed by atoms with Crippen LogP contribution in [0.3, 0.4) is 0 Å². The van der Waals surface area contributed by atoms with Crippen LogP contribution >= 0.6 is 11.6 Å². The molecule has 0 spiro atoms. The number of Topliss-reactive ketones (excluding diaryl/α,β-unsaturated/α-hetero) is 1. The van der Waals surface area contributed by atoms with Crippen molar-refractivity contribution in [1.82, 2.24) is 9.78 Å². The van der Waals surface area contributed by atoms with Crippen LogP contribution in [0, 0.1) is 11.8 Å². The van der Waals surface area contributed by atoms with Gasteiger partial charge in [0.2, 0.25) is 0 Å². The standard InChI is InChI=1S/C15H23ClN2O/c1-4-12-15(16)13(18(5-2)17-12)9-14(19)11-7-6-10(3)8-11/h10-11H,4-9H2,1-3H3. The third kappa shape index (κ3) is 3.02. The quantitative estimate of drug-likeness (QED) is 0.826. The Balaban J connectivity index is 2.14. The molecule has 1 heterocycles. The van der Waals surface area contributed by atoms with Crippen LogP contribution in [0.5, 0.6) is 0 Å². The molecule has 2 rings (SSSR count). The molecular formula is C15H23ClN2O. The van der Waals surface area contributed by atoms with Gasteiger partial charge in [0.25, 0.3) is 0 Å². The Bertz CT molecular complexity index is 467. The fraction of sp³-hybridized carbons (Fsp3) is 0.733. The van der Waals surface area contributed by atoms with E-state index >= 15 is 0 Å². The first kappa shape index (κ1) is 14.6. The van der Waals surface area contributed by atoms with E-state index in [1.165, 1.54) is 6.42 Å². The molecule has 106 valence electrons. The molecule has 1 saturated carbocycles. The van der Waals surface area contributed by atoms with Crippen molar-refractivity contribution in [1.29, 1.82) is 0 Å². The number of carbonyl (C=O) groups excluding carboxylic acids is 1. The van der Waals surface area contributed by atoms with Crippen molar-refractivity contribution in [3.63, 3.8) is 0 Å². The van der Waals surface area contributed by atoms with Gasteiger partial charge in [-0.25, -0.2) is 0 Å². The number of hydrogen-bond donors (Lipinski definition) is 0. The highest BCUT2D eigenvalue weighted by molar-refractivity contribution is 6.32. The first-order valence-electron chi connectivity index (χ1n) is 7.33. The van der Waals surface area contributed by atoms with Crippen LogP contribution < -0.4 is 0 Å². The molecule has 2 atom stereocenters. The van der Waals surface area contributed by atoms with Gasteiger partial charge < -0.3 is 0 Å². The van der Waals surface area contributed by atoms with Crippen molar-refractivity contribution in [3.8, 4) is 0 Å². The highest BCUT2D eigenvalue weighted by Gasteiger charge is 2.28. The average molecular weight is 283 g/mol. The summed E-state index contributed by atoms with van der Waals surface area (Å²) in [5.41, 5.74) is 1.82. The maximum atomic E-state index is 12.4. The average Bonchev–Trinajstić information content (AvgIpc) is 2.95. The third-order valence-corrected chi connectivity index (χ3v) is 4.62. The minimum absolute atomic E-state index is 0.233. The largest absolute Gasteiger partial charge is 0.299 e. The number of halogens is 1. The van der Waals surface area contributed by atoms with Crippen molar-refractivity contribution in [2.45, 2.75) is 59.4 Å². The normalized spacial score (nSPS) is 22.9. The Morgan fingerprint density at radius 1 is 1.42 bits per heavy atom. The summed E-state index contributed by atoms with van der Waals surface area (Å²) in [7, 11) is 0. The van der Waals surface area contributed by atoms with E-state index in [-0.39, 0.29) is 5.92 Å². The van der Waals surface area contributed by atoms with Crippen LogP contribution in [0.1, 0.15) is 51.4 Å². The minimum atomic E-state index is 0.233. The fourth-order valence-electron chi connectivity index (χ4n) is 3.00. The van der Waals surface area contributed by atoms with Crippen LogP contribution in [-0.2, 0) is 24.2 Å². The molecule has 4 heteroatoms. The van der Waals surface area contributed by atoms with E-state index in [1.807, 2.05) is 18.5 Å². The Morgan fingerprint density at radius 2 is 2.16 bits per heavy atom. The van der Waals surface area contributed by atoms with Crippen LogP contribution in [0.15, 0.2) is 0 Å². The fourth-order valence-corrected chi connectivity index (χ4v) is 3.33. The molecule has 0 aromatic carbocycles. The van der Waals surface area contributed by atoms with Gasteiger partial charge in [0.1, 0.15) is 5.78 Å². The molecule has 0 N–H and O–H groups in total. The van der Waals surface area contributed by atoms with Crippen LogP contribution in [0.2, 0.25) is 5.02 Å². The molecule has 1 aromatic rings. The first-order chi connectivity index (χ1) is 9.06. The SMILES string of the molecule is CCc1nn(CC)c(CC(=O)C2CCC(C)C2)c1Cl.